The van der Waals surface area contributed by atoms with Gasteiger partial charge in [-0.2, -0.15) is 0 Å². The van der Waals surface area contributed by atoms with E-state index in [0.717, 1.165) is 25.6 Å². The van der Waals surface area contributed by atoms with E-state index in [-0.39, 0.29) is 6.04 Å². The van der Waals surface area contributed by atoms with Gasteiger partial charge in [-0.05, 0) is 77.9 Å². The first-order valence-corrected chi connectivity index (χ1v) is 8.22. The van der Waals surface area contributed by atoms with Crippen LogP contribution in [0.1, 0.15) is 22.7 Å². The SMILES string of the molecule is CNC(Cc1ccc(C)cc1Cl)c1ccc(I)c(Cl)c1. The molecule has 0 spiro atoms. The van der Waals surface area contributed by atoms with E-state index in [1.807, 2.05) is 32.2 Å². The van der Waals surface area contributed by atoms with Gasteiger partial charge in [0.25, 0.3) is 0 Å². The zero-order valence-electron chi connectivity index (χ0n) is 11.4. The summed E-state index contributed by atoms with van der Waals surface area (Å²) in [5, 5.41) is 4.95. The highest BCUT2D eigenvalue weighted by Crippen LogP contribution is 2.27. The van der Waals surface area contributed by atoms with Crippen molar-refractivity contribution in [3.05, 3.63) is 66.7 Å². The molecule has 0 aliphatic heterocycles. The molecule has 0 saturated heterocycles. The lowest BCUT2D eigenvalue weighted by Gasteiger charge is -2.18. The predicted octanol–water partition coefficient (Wildman–Crippen LogP) is 5.41. The minimum absolute atomic E-state index is 0.199. The van der Waals surface area contributed by atoms with E-state index < -0.39 is 0 Å². The second kappa shape index (κ2) is 7.12. The molecule has 1 nitrogen and oxygen atoms in total. The Hall–Kier alpha value is -0.290. The molecule has 2 aromatic rings. The highest BCUT2D eigenvalue weighted by molar-refractivity contribution is 14.1. The summed E-state index contributed by atoms with van der Waals surface area (Å²) in [5.41, 5.74) is 3.50. The maximum absolute atomic E-state index is 6.32. The second-order valence-corrected chi connectivity index (χ2v) is 6.79. The molecule has 0 heterocycles. The fourth-order valence-corrected chi connectivity index (χ4v) is 2.99. The van der Waals surface area contributed by atoms with Crippen LogP contribution in [0.4, 0.5) is 0 Å². The number of aryl methyl sites for hydroxylation is 1. The van der Waals surface area contributed by atoms with Crippen molar-refractivity contribution in [3.63, 3.8) is 0 Å². The van der Waals surface area contributed by atoms with Crippen LogP contribution >= 0.6 is 45.8 Å². The predicted molar refractivity (Wildman–Crippen MR) is 95.9 cm³/mol. The number of halogens is 3. The fraction of sp³-hybridized carbons (Fsp3) is 0.250. The van der Waals surface area contributed by atoms with Crippen LogP contribution in [0.2, 0.25) is 10.0 Å². The van der Waals surface area contributed by atoms with Crippen LogP contribution in [0.3, 0.4) is 0 Å². The highest BCUT2D eigenvalue weighted by atomic mass is 127. The van der Waals surface area contributed by atoms with Crippen molar-refractivity contribution in [1.29, 1.82) is 0 Å². The van der Waals surface area contributed by atoms with Crippen LogP contribution in [0.5, 0.6) is 0 Å². The number of nitrogens with one attached hydrogen (secondary N) is 1. The minimum atomic E-state index is 0.199. The Balaban J connectivity index is 2.26. The molecule has 1 atom stereocenters. The van der Waals surface area contributed by atoms with Crippen molar-refractivity contribution < 1.29 is 0 Å². The van der Waals surface area contributed by atoms with Crippen molar-refractivity contribution in [3.8, 4) is 0 Å². The molecule has 0 aromatic heterocycles. The van der Waals surface area contributed by atoms with Gasteiger partial charge in [-0.25, -0.2) is 0 Å². The summed E-state index contributed by atoms with van der Waals surface area (Å²) in [5.74, 6) is 0. The molecule has 1 unspecified atom stereocenters. The maximum atomic E-state index is 6.32. The molecule has 2 rings (SSSR count). The van der Waals surface area contributed by atoms with Gasteiger partial charge in [-0.3, -0.25) is 0 Å². The third kappa shape index (κ3) is 3.88. The normalized spacial score (nSPS) is 12.4. The Morgan fingerprint density at radius 1 is 1.10 bits per heavy atom. The van der Waals surface area contributed by atoms with Crippen LogP contribution in [-0.4, -0.2) is 7.05 Å². The third-order valence-corrected chi connectivity index (χ3v) is 5.25. The molecule has 0 bridgehead atoms. The van der Waals surface area contributed by atoms with E-state index in [2.05, 4.69) is 46.1 Å². The molecule has 0 fully saturated rings. The van der Waals surface area contributed by atoms with E-state index in [0.29, 0.717) is 0 Å². The number of hydrogen-bond donors (Lipinski definition) is 1. The van der Waals surface area contributed by atoms with Gasteiger partial charge < -0.3 is 5.32 Å². The lowest BCUT2D eigenvalue weighted by Crippen LogP contribution is -2.19. The molecule has 20 heavy (non-hydrogen) atoms. The van der Waals surface area contributed by atoms with Gasteiger partial charge in [0.1, 0.15) is 0 Å². The first-order valence-electron chi connectivity index (χ1n) is 6.38. The summed E-state index contributed by atoms with van der Waals surface area (Å²) in [7, 11) is 1.96. The molecular formula is C16H16Cl2IN. The van der Waals surface area contributed by atoms with E-state index in [1.54, 1.807) is 0 Å². The van der Waals surface area contributed by atoms with Gasteiger partial charge in [0, 0.05) is 14.6 Å². The van der Waals surface area contributed by atoms with E-state index >= 15 is 0 Å². The van der Waals surface area contributed by atoms with E-state index in [9.17, 15) is 0 Å². The fourth-order valence-electron chi connectivity index (χ4n) is 2.15. The van der Waals surface area contributed by atoms with Gasteiger partial charge >= 0.3 is 0 Å². The average Bonchev–Trinajstić information content (AvgIpc) is 2.41. The third-order valence-electron chi connectivity index (χ3n) is 3.33. The minimum Gasteiger partial charge on any atom is -0.313 e. The Labute approximate surface area is 143 Å². The van der Waals surface area contributed by atoms with Crippen molar-refractivity contribution in [1.82, 2.24) is 5.32 Å². The number of hydrogen-bond acceptors (Lipinski definition) is 1. The number of benzene rings is 2. The van der Waals surface area contributed by atoms with Crippen LogP contribution in [0, 0.1) is 10.5 Å². The van der Waals surface area contributed by atoms with Crippen molar-refractivity contribution >= 4 is 45.8 Å². The second-order valence-electron chi connectivity index (χ2n) is 4.81. The molecule has 0 amide bonds. The van der Waals surface area contributed by atoms with Crippen LogP contribution in [-0.2, 0) is 6.42 Å². The summed E-state index contributed by atoms with van der Waals surface area (Å²) < 4.78 is 1.07. The van der Waals surface area contributed by atoms with Crippen LogP contribution < -0.4 is 5.32 Å². The summed E-state index contributed by atoms with van der Waals surface area (Å²) in [6.07, 6.45) is 0.840. The molecule has 0 aliphatic rings. The van der Waals surface area contributed by atoms with Gasteiger partial charge in [-0.15, -0.1) is 0 Å². The smallest absolute Gasteiger partial charge is 0.0542 e. The van der Waals surface area contributed by atoms with Crippen LogP contribution in [0.25, 0.3) is 0 Å². The lowest BCUT2D eigenvalue weighted by molar-refractivity contribution is 0.592. The summed E-state index contributed by atoms with van der Waals surface area (Å²) in [4.78, 5) is 0. The molecule has 4 heteroatoms. The molecule has 0 radical (unpaired) electrons. The maximum Gasteiger partial charge on any atom is 0.0542 e. The van der Waals surface area contributed by atoms with Crippen molar-refractivity contribution in [2.75, 3.05) is 7.05 Å². The van der Waals surface area contributed by atoms with Gasteiger partial charge in [0.15, 0.2) is 0 Å². The first-order chi connectivity index (χ1) is 9.51. The monoisotopic (exact) mass is 419 g/mol. The van der Waals surface area contributed by atoms with Gasteiger partial charge in [-0.1, -0.05) is 41.4 Å². The van der Waals surface area contributed by atoms with E-state index in [1.165, 1.54) is 11.1 Å². The standard InChI is InChI=1S/C16H16Cl2IN/c1-10-3-4-11(13(17)7-10)9-16(20-2)12-5-6-15(19)14(18)8-12/h3-8,16,20H,9H2,1-2H3. The highest BCUT2D eigenvalue weighted by Gasteiger charge is 2.13. The quantitative estimate of drug-likeness (QED) is 0.653. The average molecular weight is 420 g/mol. The Morgan fingerprint density at radius 3 is 2.45 bits per heavy atom. The topological polar surface area (TPSA) is 12.0 Å². The Kier molecular flexibility index (Phi) is 5.73. The van der Waals surface area contributed by atoms with E-state index in [4.69, 9.17) is 23.2 Å². The summed E-state index contributed by atoms with van der Waals surface area (Å²) in [6, 6.07) is 12.6. The largest absolute Gasteiger partial charge is 0.313 e. The van der Waals surface area contributed by atoms with Crippen molar-refractivity contribution in [2.45, 2.75) is 19.4 Å². The zero-order chi connectivity index (χ0) is 14.7. The van der Waals surface area contributed by atoms with Crippen LogP contribution in [0.15, 0.2) is 36.4 Å². The lowest BCUT2D eigenvalue weighted by atomic mass is 9.98. The molecule has 106 valence electrons. The molecular weight excluding hydrogens is 404 g/mol. The number of rotatable bonds is 4. The van der Waals surface area contributed by atoms with Gasteiger partial charge in [0.2, 0.25) is 0 Å². The number of likely N-dealkylation sites (N-methyl/N-ethyl adjacent to an activating group) is 1. The molecule has 0 saturated carbocycles. The Morgan fingerprint density at radius 2 is 1.85 bits per heavy atom. The molecule has 2 aromatic carbocycles. The Bertz CT molecular complexity index is 613. The summed E-state index contributed by atoms with van der Waals surface area (Å²) in [6.45, 7) is 2.05. The molecule has 0 aliphatic carbocycles. The van der Waals surface area contributed by atoms with Gasteiger partial charge in [0.05, 0.1) is 5.02 Å². The first kappa shape index (κ1) is 16.1. The molecule has 1 N–H and O–H groups in total. The van der Waals surface area contributed by atoms with Crippen molar-refractivity contribution in [2.24, 2.45) is 0 Å². The zero-order valence-corrected chi connectivity index (χ0v) is 15.1. The summed E-state index contributed by atoms with van der Waals surface area (Å²) >= 11 is 14.8.